The van der Waals surface area contributed by atoms with Gasteiger partial charge < -0.3 is 4.90 Å². The van der Waals surface area contributed by atoms with Gasteiger partial charge in [-0.25, -0.2) is 18.3 Å². The summed E-state index contributed by atoms with van der Waals surface area (Å²) in [4.78, 5) is 25.4. The average molecular weight is 440 g/mol. The molecule has 164 valence electrons. The van der Waals surface area contributed by atoms with Crippen molar-refractivity contribution in [3.8, 4) is 0 Å². The minimum absolute atomic E-state index is 0.0233. The van der Waals surface area contributed by atoms with Gasteiger partial charge in [-0.2, -0.15) is 23.3 Å². The Morgan fingerprint density at radius 2 is 2.00 bits per heavy atom. The number of carbonyl (C=O) groups is 1. The maximum Gasteiger partial charge on any atom is 0.433 e. The molecular formula is C19H17F5N6O. The first-order chi connectivity index (χ1) is 14.6. The van der Waals surface area contributed by atoms with E-state index in [9.17, 15) is 26.7 Å². The molecule has 1 aliphatic rings. The van der Waals surface area contributed by atoms with Crippen molar-refractivity contribution in [2.24, 2.45) is 5.92 Å². The van der Waals surface area contributed by atoms with E-state index in [4.69, 9.17) is 0 Å². The summed E-state index contributed by atoms with van der Waals surface area (Å²) < 4.78 is 66.2. The number of fused-ring (bicyclic) bond motifs is 1. The highest BCUT2D eigenvalue weighted by molar-refractivity contribution is 5.94. The molecule has 0 spiro atoms. The van der Waals surface area contributed by atoms with Crippen molar-refractivity contribution in [2.75, 3.05) is 13.1 Å². The second-order valence-corrected chi connectivity index (χ2v) is 7.43. The largest absolute Gasteiger partial charge is 0.433 e. The SMILES string of the molecule is CC1CCN(C(=O)c2ccc(C(F)(F)F)nc2)C[C@H]1c1cc(C(F)F)nc2ncnn12. The van der Waals surface area contributed by atoms with Crippen LogP contribution in [-0.4, -0.2) is 48.5 Å². The van der Waals surface area contributed by atoms with Gasteiger partial charge in [0.1, 0.15) is 17.7 Å². The third kappa shape index (κ3) is 4.06. The summed E-state index contributed by atoms with van der Waals surface area (Å²) in [6, 6.07) is 3.11. The molecule has 0 aliphatic carbocycles. The van der Waals surface area contributed by atoms with Gasteiger partial charge in [-0.3, -0.25) is 9.78 Å². The lowest BCUT2D eigenvalue weighted by Crippen LogP contribution is -2.42. The number of hydrogen-bond donors (Lipinski definition) is 0. The standard InChI is InChI=1S/C19H17F5N6O/c1-10-4-5-29(17(31)11-2-3-15(25-7-11)19(22,23)24)8-12(10)14-6-13(16(20)21)28-18-26-9-27-30(14)18/h2-3,6-7,9-10,12,16H,4-5,8H2,1H3/t10?,12-/m1/s1. The van der Waals surface area contributed by atoms with Gasteiger partial charge in [-0.1, -0.05) is 6.92 Å². The molecule has 3 aromatic heterocycles. The quantitative estimate of drug-likeness (QED) is 0.580. The van der Waals surface area contributed by atoms with Crippen LogP contribution in [0.5, 0.6) is 0 Å². The number of amides is 1. The average Bonchev–Trinajstić information content (AvgIpc) is 3.21. The van der Waals surface area contributed by atoms with Crippen molar-refractivity contribution in [1.29, 1.82) is 0 Å². The normalized spacial score (nSPS) is 19.9. The Hall–Kier alpha value is -3.18. The van der Waals surface area contributed by atoms with Crippen LogP contribution in [0.4, 0.5) is 22.0 Å². The van der Waals surface area contributed by atoms with Crippen LogP contribution in [0.25, 0.3) is 5.78 Å². The van der Waals surface area contributed by atoms with E-state index in [0.717, 1.165) is 18.3 Å². The first-order valence-corrected chi connectivity index (χ1v) is 9.46. The van der Waals surface area contributed by atoms with Gasteiger partial charge in [0, 0.05) is 25.2 Å². The van der Waals surface area contributed by atoms with Crippen LogP contribution in [0.2, 0.25) is 0 Å². The monoisotopic (exact) mass is 440 g/mol. The zero-order valence-electron chi connectivity index (χ0n) is 16.2. The van der Waals surface area contributed by atoms with Crippen molar-refractivity contribution < 1.29 is 26.7 Å². The summed E-state index contributed by atoms with van der Waals surface area (Å²) in [6.45, 7) is 2.50. The van der Waals surface area contributed by atoms with E-state index in [0.29, 0.717) is 18.7 Å². The molecule has 0 N–H and O–H groups in total. The highest BCUT2D eigenvalue weighted by atomic mass is 19.4. The minimum atomic E-state index is -4.60. The van der Waals surface area contributed by atoms with Gasteiger partial charge in [0.2, 0.25) is 0 Å². The molecule has 1 saturated heterocycles. The predicted octanol–water partition coefficient (Wildman–Crippen LogP) is 3.74. The van der Waals surface area contributed by atoms with Crippen molar-refractivity contribution in [3.63, 3.8) is 0 Å². The smallest absolute Gasteiger partial charge is 0.338 e. The Bertz CT molecular complexity index is 1100. The molecule has 1 fully saturated rings. The number of aromatic nitrogens is 5. The van der Waals surface area contributed by atoms with Crippen LogP contribution in [0, 0.1) is 5.92 Å². The fourth-order valence-corrected chi connectivity index (χ4v) is 3.74. The molecular weight excluding hydrogens is 423 g/mol. The van der Waals surface area contributed by atoms with E-state index < -0.39 is 29.9 Å². The molecule has 0 bridgehead atoms. The number of piperidine rings is 1. The first-order valence-electron chi connectivity index (χ1n) is 9.46. The second-order valence-electron chi connectivity index (χ2n) is 7.43. The Labute approximate surface area is 172 Å². The van der Waals surface area contributed by atoms with Gasteiger partial charge in [0.15, 0.2) is 0 Å². The highest BCUT2D eigenvalue weighted by Gasteiger charge is 2.35. The maximum absolute atomic E-state index is 13.3. The lowest BCUT2D eigenvalue weighted by molar-refractivity contribution is -0.141. The van der Waals surface area contributed by atoms with E-state index in [2.05, 4.69) is 20.1 Å². The summed E-state index contributed by atoms with van der Waals surface area (Å²) in [5.74, 6) is -0.744. The first kappa shape index (κ1) is 21.1. The number of rotatable bonds is 3. The Balaban J connectivity index is 1.63. The van der Waals surface area contributed by atoms with Gasteiger partial charge in [-0.05, 0) is 30.5 Å². The van der Waals surface area contributed by atoms with E-state index >= 15 is 0 Å². The summed E-state index contributed by atoms with van der Waals surface area (Å²) in [5, 5.41) is 4.07. The van der Waals surface area contributed by atoms with Crippen molar-refractivity contribution >= 4 is 11.7 Å². The number of likely N-dealkylation sites (tertiary alicyclic amines) is 1. The molecule has 1 unspecified atom stereocenters. The number of alkyl halides is 5. The van der Waals surface area contributed by atoms with Crippen LogP contribution in [0.1, 0.15) is 53.1 Å². The van der Waals surface area contributed by atoms with Crippen LogP contribution < -0.4 is 0 Å². The number of halogens is 5. The van der Waals surface area contributed by atoms with Gasteiger partial charge in [-0.15, -0.1) is 0 Å². The molecule has 3 aromatic rings. The minimum Gasteiger partial charge on any atom is -0.338 e. The molecule has 12 heteroatoms. The molecule has 1 amide bonds. The number of carbonyl (C=O) groups excluding carboxylic acids is 1. The van der Waals surface area contributed by atoms with Crippen molar-refractivity contribution in [3.05, 3.63) is 53.4 Å². The van der Waals surface area contributed by atoms with Crippen LogP contribution in [-0.2, 0) is 6.18 Å². The summed E-state index contributed by atoms with van der Waals surface area (Å²) in [7, 11) is 0. The number of nitrogens with zero attached hydrogens (tertiary/aromatic N) is 6. The molecule has 0 saturated carbocycles. The Morgan fingerprint density at radius 3 is 2.65 bits per heavy atom. The zero-order valence-corrected chi connectivity index (χ0v) is 16.2. The maximum atomic E-state index is 13.3. The highest BCUT2D eigenvalue weighted by Crippen LogP contribution is 2.34. The molecule has 0 aromatic carbocycles. The number of hydrogen-bond acceptors (Lipinski definition) is 5. The molecule has 2 atom stereocenters. The van der Waals surface area contributed by atoms with E-state index in [1.165, 1.54) is 21.8 Å². The lowest BCUT2D eigenvalue weighted by Gasteiger charge is -2.37. The van der Waals surface area contributed by atoms with Crippen LogP contribution >= 0.6 is 0 Å². The molecule has 31 heavy (non-hydrogen) atoms. The van der Waals surface area contributed by atoms with E-state index in [-0.39, 0.29) is 29.7 Å². The van der Waals surface area contributed by atoms with Crippen molar-refractivity contribution in [1.82, 2.24) is 29.5 Å². The Morgan fingerprint density at radius 1 is 1.23 bits per heavy atom. The van der Waals surface area contributed by atoms with Gasteiger partial charge in [0.05, 0.1) is 11.3 Å². The topological polar surface area (TPSA) is 76.3 Å². The molecule has 4 rings (SSSR count). The lowest BCUT2D eigenvalue weighted by atomic mass is 9.84. The second kappa shape index (κ2) is 7.82. The van der Waals surface area contributed by atoms with Gasteiger partial charge >= 0.3 is 6.18 Å². The van der Waals surface area contributed by atoms with Crippen molar-refractivity contribution in [2.45, 2.75) is 31.9 Å². The zero-order chi connectivity index (χ0) is 22.3. The van der Waals surface area contributed by atoms with E-state index in [1.54, 1.807) is 0 Å². The van der Waals surface area contributed by atoms with Crippen LogP contribution in [0.3, 0.4) is 0 Å². The third-order valence-electron chi connectivity index (χ3n) is 5.45. The van der Waals surface area contributed by atoms with Crippen LogP contribution in [0.15, 0.2) is 30.7 Å². The molecule has 7 nitrogen and oxygen atoms in total. The summed E-state index contributed by atoms with van der Waals surface area (Å²) in [5.41, 5.74) is -1.04. The summed E-state index contributed by atoms with van der Waals surface area (Å²) in [6.07, 6.45) is -4.71. The number of pyridine rings is 1. The third-order valence-corrected chi connectivity index (χ3v) is 5.45. The Kier molecular flexibility index (Phi) is 5.31. The fraction of sp³-hybridized carbons (Fsp3) is 0.421. The fourth-order valence-electron chi connectivity index (χ4n) is 3.74. The molecule has 0 radical (unpaired) electrons. The molecule has 1 aliphatic heterocycles. The summed E-state index contributed by atoms with van der Waals surface area (Å²) >= 11 is 0. The van der Waals surface area contributed by atoms with Gasteiger partial charge in [0.25, 0.3) is 18.1 Å². The predicted molar refractivity (Wildman–Crippen MR) is 97.4 cm³/mol. The molecule has 4 heterocycles. The van der Waals surface area contributed by atoms with E-state index in [1.807, 2.05) is 6.92 Å².